The van der Waals surface area contributed by atoms with Gasteiger partial charge < -0.3 is 40.5 Å². The Bertz CT molecular complexity index is 2880. The fourth-order valence-electron chi connectivity index (χ4n) is 10.2. The van der Waals surface area contributed by atoms with Crippen LogP contribution in [0.2, 0.25) is 0 Å². The van der Waals surface area contributed by atoms with Crippen LogP contribution in [-0.4, -0.2) is 129 Å². The number of nitrogens with one attached hydrogen (secondary N) is 4. The highest BCUT2D eigenvalue weighted by Crippen LogP contribution is 2.30. The summed E-state index contributed by atoms with van der Waals surface area (Å²) in [4.78, 5) is 113. The monoisotopic (exact) mass is 1030 g/mol. The minimum absolute atomic E-state index is 0.00182. The van der Waals surface area contributed by atoms with Crippen molar-refractivity contribution in [2.24, 2.45) is 11.8 Å². The second kappa shape index (κ2) is 23.5. The molecule has 74 heavy (non-hydrogen) atoms. The topological polar surface area (TPSA) is 195 Å². The van der Waals surface area contributed by atoms with Gasteiger partial charge in [0.25, 0.3) is 0 Å². The molecule has 0 unspecified atom stereocenters. The van der Waals surface area contributed by atoms with Gasteiger partial charge in [-0.25, -0.2) is 4.98 Å². The summed E-state index contributed by atoms with van der Waals surface area (Å²) in [6, 6.07) is 14.7. The molecule has 2 aliphatic heterocycles. The van der Waals surface area contributed by atoms with Crippen molar-refractivity contribution in [1.29, 1.82) is 0 Å². The van der Waals surface area contributed by atoms with E-state index in [1.54, 1.807) is 5.51 Å². The third kappa shape index (κ3) is 12.5. The van der Waals surface area contributed by atoms with Crippen molar-refractivity contribution in [1.82, 2.24) is 45.5 Å². The number of fused-ring (bicyclic) bond motifs is 4. The molecular formula is C57H73N9O7S. The summed E-state index contributed by atoms with van der Waals surface area (Å²) < 4.78 is 2.97. The van der Waals surface area contributed by atoms with Crippen LogP contribution >= 0.6 is 11.3 Å². The van der Waals surface area contributed by atoms with Gasteiger partial charge in [0.15, 0.2) is 0 Å². The first-order chi connectivity index (χ1) is 35.2. The molecule has 5 aromatic rings. The first kappa shape index (κ1) is 54.9. The molecule has 7 amide bonds. The van der Waals surface area contributed by atoms with Crippen LogP contribution in [0.3, 0.4) is 0 Å². The fraction of sp³-hybridized carbons (Fsp3) is 0.474. The van der Waals surface area contributed by atoms with Crippen LogP contribution in [0.15, 0.2) is 97.2 Å². The molecule has 394 valence electrons. The van der Waals surface area contributed by atoms with E-state index in [9.17, 15) is 24.0 Å². The molecule has 3 aromatic carbocycles. The summed E-state index contributed by atoms with van der Waals surface area (Å²) in [6.45, 7) is 17.7. The number of para-hydroxylation sites is 1. The minimum atomic E-state index is -1.27. The predicted molar refractivity (Wildman–Crippen MR) is 289 cm³/mol. The average molecular weight is 1030 g/mol. The highest BCUT2D eigenvalue weighted by molar-refractivity contribution is 7.16. The number of nitrogens with zero attached hydrogens (tertiary/aromatic N) is 5. The van der Waals surface area contributed by atoms with Crippen molar-refractivity contribution in [3.63, 3.8) is 0 Å². The Hall–Kier alpha value is -6.88. The molecule has 2 fully saturated rings. The lowest BCUT2D eigenvalue weighted by molar-refractivity contribution is -0.153. The largest absolute Gasteiger partial charge is 0.343 e. The smallest absolute Gasteiger partial charge is 0.246 e. The van der Waals surface area contributed by atoms with Gasteiger partial charge in [-0.15, -0.1) is 17.9 Å². The van der Waals surface area contributed by atoms with Gasteiger partial charge in [0.2, 0.25) is 41.4 Å². The SMILES string of the molecule is C=CC(C)(C)n1cc(C[C@@H]2NC(=O)[C@H](Cc3ccccc3)NC(=O)[C@H](CC(C)C)N3CCC[C@@H](C3=O)N(C)C(=O)[C@H](C)NC(=O)[C@H](Cc3ccc4ncsc4c3)NC(=O)[C@H](CC(C)C)N(C)C2=O)c2ccccc21. The number of hydrogen-bond donors (Lipinski definition) is 4. The zero-order chi connectivity index (χ0) is 53.6. The maximum absolute atomic E-state index is 15.5. The predicted octanol–water partition coefficient (Wildman–Crippen LogP) is 5.91. The lowest BCUT2D eigenvalue weighted by Crippen LogP contribution is -2.62. The third-order valence-corrected chi connectivity index (χ3v) is 15.3. The first-order valence-electron chi connectivity index (χ1n) is 25.8. The van der Waals surface area contributed by atoms with Gasteiger partial charge in [-0.3, -0.25) is 33.6 Å². The maximum atomic E-state index is 15.5. The van der Waals surface area contributed by atoms with Crippen LogP contribution in [0.1, 0.15) is 90.8 Å². The van der Waals surface area contributed by atoms with E-state index >= 15 is 9.59 Å². The summed E-state index contributed by atoms with van der Waals surface area (Å²) in [6.07, 6.45) is 5.16. The van der Waals surface area contributed by atoms with Gasteiger partial charge in [-0.05, 0) is 93.2 Å². The fourth-order valence-corrected chi connectivity index (χ4v) is 11.0. The molecular weight excluding hydrogens is 955 g/mol. The minimum Gasteiger partial charge on any atom is -0.343 e. The van der Waals surface area contributed by atoms with Gasteiger partial charge in [-0.1, -0.05) is 88.4 Å². The number of hydrogen-bond acceptors (Lipinski definition) is 9. The van der Waals surface area contributed by atoms with E-state index in [2.05, 4.69) is 37.4 Å². The van der Waals surface area contributed by atoms with E-state index in [0.717, 1.165) is 37.8 Å². The number of thiazole rings is 1. The highest BCUT2D eigenvalue weighted by Gasteiger charge is 2.43. The lowest BCUT2D eigenvalue weighted by atomic mass is 9.95. The quantitative estimate of drug-likeness (QED) is 0.111. The molecule has 2 bridgehead atoms. The number of piperidine rings is 1. The third-order valence-electron chi connectivity index (χ3n) is 14.5. The van der Waals surface area contributed by atoms with Crippen LogP contribution in [0.5, 0.6) is 0 Å². The number of rotatable bonds is 12. The first-order valence-corrected chi connectivity index (χ1v) is 26.7. The van der Waals surface area contributed by atoms with Crippen LogP contribution < -0.4 is 21.3 Å². The normalized spacial score (nSPS) is 23.5. The van der Waals surface area contributed by atoms with Crippen molar-refractivity contribution in [2.45, 2.75) is 141 Å². The molecule has 2 saturated heterocycles. The van der Waals surface area contributed by atoms with Crippen molar-refractivity contribution in [3.05, 3.63) is 114 Å². The highest BCUT2D eigenvalue weighted by atomic mass is 32.1. The molecule has 7 atom stereocenters. The standard InChI is InChI=1S/C57H73N9O7S/c1-11-57(7,8)66-32-39(40-20-15-16-21-45(40)66)31-44-55(72)64(10)47(26-34(2)3)52(69)60-43(29-38-23-24-41-49(30-38)74-33-58-41)50(67)59-36(6)54(71)63(9)46-22-17-25-65(56(46)73)48(27-35(4)5)53(70)61-42(51(68)62-44)28-37-18-13-12-14-19-37/h11-16,18-21,23-24,30,32-36,42-44,46-48H,1,17,22,25-29,31H2,2-10H3,(H,59,67)(H,60,69)(H,61,70)(H,62,68)/t36-,42-,43-,44-,46-,47-,48-/m0/s1. The Morgan fingerprint density at radius 3 is 1.99 bits per heavy atom. The molecule has 17 heteroatoms. The van der Waals surface area contributed by atoms with Gasteiger partial charge in [-0.2, -0.15) is 0 Å². The van der Waals surface area contributed by atoms with Gasteiger partial charge in [0.05, 0.1) is 21.3 Å². The Morgan fingerprint density at radius 1 is 0.703 bits per heavy atom. The van der Waals surface area contributed by atoms with Gasteiger partial charge in [0.1, 0.15) is 42.3 Å². The molecule has 2 aromatic heterocycles. The van der Waals surface area contributed by atoms with E-state index in [4.69, 9.17) is 0 Å². The molecule has 0 radical (unpaired) electrons. The van der Waals surface area contributed by atoms with Gasteiger partial charge in [0, 0.05) is 57.0 Å². The van der Waals surface area contributed by atoms with Crippen LogP contribution in [0, 0.1) is 11.8 Å². The Morgan fingerprint density at radius 2 is 1.31 bits per heavy atom. The summed E-state index contributed by atoms with van der Waals surface area (Å²) >= 11 is 1.44. The number of amides is 7. The molecule has 0 aliphatic carbocycles. The summed E-state index contributed by atoms with van der Waals surface area (Å²) in [5, 5.41) is 12.8. The summed E-state index contributed by atoms with van der Waals surface area (Å²) in [5.74, 6) is -4.13. The molecule has 7 rings (SSSR count). The number of carbonyl (C=O) groups is 7. The molecule has 16 nitrogen and oxygen atoms in total. The van der Waals surface area contributed by atoms with E-state index in [1.165, 1.54) is 47.1 Å². The molecule has 4 N–H and O–H groups in total. The second-order valence-corrected chi connectivity index (χ2v) is 22.3. The zero-order valence-corrected chi connectivity index (χ0v) is 45.0. The van der Waals surface area contributed by atoms with Crippen molar-refractivity contribution in [2.75, 3.05) is 20.6 Å². The van der Waals surface area contributed by atoms with E-state index in [0.29, 0.717) is 12.8 Å². The Balaban J connectivity index is 1.35. The van der Waals surface area contributed by atoms with Crippen LogP contribution in [0.4, 0.5) is 0 Å². The van der Waals surface area contributed by atoms with Crippen molar-refractivity contribution in [3.8, 4) is 0 Å². The summed E-state index contributed by atoms with van der Waals surface area (Å²) in [7, 11) is 3.05. The number of carbonyl (C=O) groups excluding carboxylic acids is 7. The molecule has 2 aliphatic rings. The number of allylic oxidation sites excluding steroid dienone is 1. The maximum Gasteiger partial charge on any atom is 0.246 e. The van der Waals surface area contributed by atoms with Gasteiger partial charge >= 0.3 is 0 Å². The van der Waals surface area contributed by atoms with E-state index < -0.39 is 89.2 Å². The average Bonchev–Trinajstić information content (AvgIpc) is 4.00. The van der Waals surface area contributed by atoms with Crippen LogP contribution in [-0.2, 0) is 58.4 Å². The molecule has 4 heterocycles. The second-order valence-electron chi connectivity index (χ2n) is 21.4. The number of benzene rings is 3. The summed E-state index contributed by atoms with van der Waals surface area (Å²) in [5.41, 5.74) is 5.09. The van der Waals surface area contributed by atoms with Crippen molar-refractivity contribution < 1.29 is 33.6 Å². The lowest BCUT2D eigenvalue weighted by Gasteiger charge is -2.41. The molecule has 0 saturated carbocycles. The molecule has 0 spiro atoms. The van der Waals surface area contributed by atoms with Crippen molar-refractivity contribution >= 4 is 73.8 Å². The zero-order valence-electron chi connectivity index (χ0n) is 44.2. The van der Waals surface area contributed by atoms with E-state index in [-0.39, 0.29) is 50.5 Å². The number of aromatic nitrogens is 2. The Labute approximate surface area is 438 Å². The Kier molecular flexibility index (Phi) is 17.5. The number of likely N-dealkylation sites (N-methyl/N-ethyl adjacent to an activating group) is 2. The van der Waals surface area contributed by atoms with E-state index in [1.807, 2.05) is 127 Å². The van der Waals surface area contributed by atoms with Crippen LogP contribution in [0.25, 0.3) is 21.1 Å².